The first kappa shape index (κ1) is 15.9. The molecule has 0 amide bonds. The highest BCUT2D eigenvalue weighted by Crippen LogP contribution is 2.40. The van der Waals surface area contributed by atoms with Crippen LogP contribution in [0.1, 0.15) is 41.3 Å². The quantitative estimate of drug-likeness (QED) is 0.835. The number of carbonyl (C=O) groups excluding carboxylic acids is 1. The normalized spacial score (nSPS) is 17.1. The molecular weight excluding hydrogens is 294 g/mol. The Hall–Kier alpha value is -1.53. The summed E-state index contributed by atoms with van der Waals surface area (Å²) in [6, 6.07) is 1.65. The van der Waals surface area contributed by atoms with E-state index in [1.807, 2.05) is 0 Å². The second-order valence-electron chi connectivity index (χ2n) is 5.22. The van der Waals surface area contributed by atoms with E-state index < -0.39 is 13.1 Å². The van der Waals surface area contributed by atoms with Crippen LogP contribution in [0.3, 0.4) is 0 Å². The Labute approximate surface area is 128 Å². The largest absolute Gasteiger partial charge is 0.535 e. The summed E-state index contributed by atoms with van der Waals surface area (Å²) in [5.41, 5.74) is 0.984. The molecule has 0 saturated carbocycles. The molecule has 2 rings (SSSR count). The Bertz CT molecular complexity index is 602. The van der Waals surface area contributed by atoms with Crippen molar-refractivity contribution in [1.29, 1.82) is 0 Å². The summed E-state index contributed by atoms with van der Waals surface area (Å²) in [6.07, 6.45) is 0.957. The standard InChI is InChI=1S/C14H16BClO5/c1-3-10(17)6-9-4-8-5-11(16)7(2)12(14(18)19)13(8)21-15(9)20/h5,9,20H,3-4,6H2,1-2H3,(H,18,19)/t9-/m1/s1. The fraction of sp³-hybridized carbons (Fsp3) is 0.429. The monoisotopic (exact) mass is 310 g/mol. The SMILES string of the molecule is CCC(=O)C[C@H]1Cc2cc(Cl)c(C)c(C(=O)O)c2OB1O. The zero-order valence-electron chi connectivity index (χ0n) is 11.9. The molecular formula is C14H16BClO5. The molecule has 5 nitrogen and oxygen atoms in total. The molecule has 0 saturated heterocycles. The van der Waals surface area contributed by atoms with Gasteiger partial charge in [-0.3, -0.25) is 4.79 Å². The van der Waals surface area contributed by atoms with Crippen LogP contribution in [0.2, 0.25) is 10.8 Å². The zero-order chi connectivity index (χ0) is 15.7. The van der Waals surface area contributed by atoms with Gasteiger partial charge in [0.1, 0.15) is 17.1 Å². The number of ketones is 1. The van der Waals surface area contributed by atoms with Crippen molar-refractivity contribution in [3.63, 3.8) is 0 Å². The minimum atomic E-state index is -1.19. The van der Waals surface area contributed by atoms with E-state index >= 15 is 0 Å². The van der Waals surface area contributed by atoms with Crippen molar-refractivity contribution in [2.24, 2.45) is 0 Å². The van der Waals surface area contributed by atoms with Crippen LogP contribution in [0.25, 0.3) is 0 Å². The molecule has 0 aliphatic carbocycles. The summed E-state index contributed by atoms with van der Waals surface area (Å²) < 4.78 is 5.38. The van der Waals surface area contributed by atoms with Crippen molar-refractivity contribution in [3.05, 3.63) is 27.8 Å². The third-order valence-corrected chi connectivity index (χ3v) is 4.17. The van der Waals surface area contributed by atoms with Crippen molar-refractivity contribution in [2.75, 3.05) is 0 Å². The topological polar surface area (TPSA) is 83.8 Å². The average Bonchev–Trinajstić information content (AvgIpc) is 2.41. The number of carbonyl (C=O) groups is 2. The van der Waals surface area contributed by atoms with E-state index in [0.717, 1.165) is 0 Å². The molecule has 0 aromatic heterocycles. The summed E-state index contributed by atoms with van der Waals surface area (Å²) in [5, 5.41) is 19.7. The van der Waals surface area contributed by atoms with Gasteiger partial charge in [0.05, 0.1) is 0 Å². The van der Waals surface area contributed by atoms with E-state index in [0.29, 0.717) is 29.0 Å². The highest BCUT2D eigenvalue weighted by molar-refractivity contribution is 6.47. The van der Waals surface area contributed by atoms with E-state index in [9.17, 15) is 19.7 Å². The van der Waals surface area contributed by atoms with Crippen LogP contribution in [0.5, 0.6) is 5.75 Å². The lowest BCUT2D eigenvalue weighted by atomic mass is 9.64. The number of rotatable bonds is 4. The maximum atomic E-state index is 11.5. The molecule has 1 heterocycles. The number of fused-ring (bicyclic) bond motifs is 1. The third kappa shape index (κ3) is 3.06. The van der Waals surface area contributed by atoms with E-state index in [1.54, 1.807) is 19.9 Å². The number of carboxylic acid groups (broad SMARTS) is 1. The molecule has 112 valence electrons. The molecule has 1 atom stereocenters. The first-order valence-electron chi connectivity index (χ1n) is 6.76. The second kappa shape index (κ2) is 6.07. The molecule has 1 aromatic rings. The van der Waals surface area contributed by atoms with Gasteiger partial charge in [-0.05, 0) is 30.5 Å². The number of halogens is 1. The molecule has 21 heavy (non-hydrogen) atoms. The molecule has 0 radical (unpaired) electrons. The van der Waals surface area contributed by atoms with Crippen molar-refractivity contribution < 1.29 is 24.4 Å². The molecule has 1 aliphatic rings. The maximum absolute atomic E-state index is 11.5. The molecule has 0 fully saturated rings. The summed E-state index contributed by atoms with van der Waals surface area (Å²) in [5.74, 6) is -1.35. The van der Waals surface area contributed by atoms with Gasteiger partial charge >= 0.3 is 13.1 Å². The Morgan fingerprint density at radius 2 is 2.19 bits per heavy atom. The molecule has 0 unspecified atom stereocenters. The Morgan fingerprint density at radius 3 is 2.76 bits per heavy atom. The van der Waals surface area contributed by atoms with E-state index in [2.05, 4.69) is 0 Å². The van der Waals surface area contributed by atoms with E-state index in [4.69, 9.17) is 16.3 Å². The minimum Gasteiger partial charge on any atom is -0.535 e. The Kier molecular flexibility index (Phi) is 4.59. The molecule has 1 aromatic carbocycles. The smallest absolute Gasteiger partial charge is 0.526 e. The van der Waals surface area contributed by atoms with Gasteiger partial charge in [0.25, 0.3) is 0 Å². The fourth-order valence-electron chi connectivity index (χ4n) is 2.53. The van der Waals surface area contributed by atoms with Gasteiger partial charge in [-0.15, -0.1) is 0 Å². The van der Waals surface area contributed by atoms with Crippen LogP contribution in [0, 0.1) is 6.92 Å². The maximum Gasteiger partial charge on any atom is 0.526 e. The average molecular weight is 311 g/mol. The molecule has 0 bridgehead atoms. The second-order valence-corrected chi connectivity index (χ2v) is 5.63. The summed E-state index contributed by atoms with van der Waals surface area (Å²) in [4.78, 5) is 22.9. The Balaban J connectivity index is 2.42. The van der Waals surface area contributed by atoms with Gasteiger partial charge in [0.2, 0.25) is 0 Å². The van der Waals surface area contributed by atoms with Crippen molar-refractivity contribution >= 4 is 30.5 Å². The fourth-order valence-corrected chi connectivity index (χ4v) is 2.76. The first-order chi connectivity index (χ1) is 9.85. The number of hydrogen-bond donors (Lipinski definition) is 2. The third-order valence-electron chi connectivity index (χ3n) is 3.77. The van der Waals surface area contributed by atoms with Crippen molar-refractivity contribution in [1.82, 2.24) is 0 Å². The van der Waals surface area contributed by atoms with Crippen LogP contribution in [-0.4, -0.2) is 29.0 Å². The molecule has 7 heteroatoms. The molecule has 0 spiro atoms. The van der Waals surface area contributed by atoms with Crippen molar-refractivity contribution in [3.8, 4) is 5.75 Å². The number of hydrogen-bond acceptors (Lipinski definition) is 4. The van der Waals surface area contributed by atoms with Crippen LogP contribution < -0.4 is 4.65 Å². The Morgan fingerprint density at radius 1 is 1.52 bits per heavy atom. The van der Waals surface area contributed by atoms with Gasteiger partial charge in [-0.1, -0.05) is 18.5 Å². The van der Waals surface area contributed by atoms with Crippen LogP contribution >= 0.6 is 11.6 Å². The van der Waals surface area contributed by atoms with Crippen LogP contribution in [-0.2, 0) is 11.2 Å². The number of Topliss-reactive ketones (excluding diaryl/α,β-unsaturated/α-hetero) is 1. The van der Waals surface area contributed by atoms with Gasteiger partial charge in [0, 0.05) is 23.7 Å². The highest BCUT2D eigenvalue weighted by atomic mass is 35.5. The van der Waals surface area contributed by atoms with Gasteiger partial charge < -0.3 is 14.8 Å². The van der Waals surface area contributed by atoms with Crippen LogP contribution in [0.4, 0.5) is 0 Å². The van der Waals surface area contributed by atoms with Gasteiger partial charge in [-0.2, -0.15) is 0 Å². The summed E-state index contributed by atoms with van der Waals surface area (Å²) in [6.45, 7) is 3.35. The number of aromatic carboxylic acids is 1. The summed E-state index contributed by atoms with van der Waals surface area (Å²) in [7, 11) is -1.19. The zero-order valence-corrected chi connectivity index (χ0v) is 12.6. The van der Waals surface area contributed by atoms with Crippen LogP contribution in [0.15, 0.2) is 6.07 Å². The number of benzene rings is 1. The van der Waals surface area contributed by atoms with E-state index in [-0.39, 0.29) is 29.3 Å². The summed E-state index contributed by atoms with van der Waals surface area (Å²) >= 11 is 6.06. The first-order valence-corrected chi connectivity index (χ1v) is 7.14. The number of carboxylic acids is 1. The minimum absolute atomic E-state index is 0.0303. The lowest BCUT2D eigenvalue weighted by molar-refractivity contribution is -0.118. The highest BCUT2D eigenvalue weighted by Gasteiger charge is 2.38. The van der Waals surface area contributed by atoms with Gasteiger partial charge in [-0.25, -0.2) is 4.79 Å². The molecule has 2 N–H and O–H groups in total. The lowest BCUT2D eigenvalue weighted by Gasteiger charge is -2.29. The lowest BCUT2D eigenvalue weighted by Crippen LogP contribution is -2.36. The predicted molar refractivity (Wildman–Crippen MR) is 79.1 cm³/mol. The van der Waals surface area contributed by atoms with E-state index in [1.165, 1.54) is 0 Å². The van der Waals surface area contributed by atoms with Gasteiger partial charge in [0.15, 0.2) is 0 Å². The molecule has 1 aliphatic heterocycles. The van der Waals surface area contributed by atoms with Crippen molar-refractivity contribution in [2.45, 2.75) is 38.9 Å². The predicted octanol–water partition coefficient (Wildman–Crippen LogP) is 2.50.